The quantitative estimate of drug-likeness (QED) is 0.937. The summed E-state index contributed by atoms with van der Waals surface area (Å²) in [4.78, 5) is 12.6. The standard InChI is InChI=1S/C16H13FN2O2/c1-19(10-12-4-2-3-5-14(12)17)15-7-6-11(16(20)21)8-13(15)9-18/h2-8H,10H2,1H3,(H,20,21). The maximum absolute atomic E-state index is 13.6. The molecule has 0 aliphatic rings. The van der Waals surface area contributed by atoms with Gasteiger partial charge in [-0.3, -0.25) is 0 Å². The van der Waals surface area contributed by atoms with Gasteiger partial charge in [0.25, 0.3) is 0 Å². The van der Waals surface area contributed by atoms with Gasteiger partial charge in [-0.05, 0) is 24.3 Å². The molecule has 1 N–H and O–H groups in total. The zero-order valence-electron chi connectivity index (χ0n) is 11.4. The highest BCUT2D eigenvalue weighted by molar-refractivity contribution is 5.89. The zero-order valence-corrected chi connectivity index (χ0v) is 11.4. The Bertz CT molecular complexity index is 722. The summed E-state index contributed by atoms with van der Waals surface area (Å²) >= 11 is 0. The van der Waals surface area contributed by atoms with E-state index in [-0.39, 0.29) is 23.5 Å². The Kier molecular flexibility index (Phi) is 4.19. The van der Waals surface area contributed by atoms with Gasteiger partial charge in [0, 0.05) is 19.2 Å². The summed E-state index contributed by atoms with van der Waals surface area (Å²) < 4.78 is 13.6. The number of carbonyl (C=O) groups is 1. The number of carboxylic acids is 1. The van der Waals surface area contributed by atoms with Crippen LogP contribution >= 0.6 is 0 Å². The molecule has 0 fully saturated rings. The molecule has 0 amide bonds. The number of hydrogen-bond acceptors (Lipinski definition) is 3. The van der Waals surface area contributed by atoms with Crippen molar-refractivity contribution in [1.82, 2.24) is 0 Å². The topological polar surface area (TPSA) is 64.3 Å². The monoisotopic (exact) mass is 284 g/mol. The van der Waals surface area contributed by atoms with Crippen LogP contribution in [0.3, 0.4) is 0 Å². The van der Waals surface area contributed by atoms with Crippen molar-refractivity contribution in [3.05, 3.63) is 65.0 Å². The normalized spacial score (nSPS) is 9.95. The molecule has 0 aliphatic heterocycles. The van der Waals surface area contributed by atoms with Gasteiger partial charge in [-0.1, -0.05) is 18.2 Å². The van der Waals surface area contributed by atoms with Crippen molar-refractivity contribution in [3.8, 4) is 6.07 Å². The van der Waals surface area contributed by atoms with Crippen molar-refractivity contribution >= 4 is 11.7 Å². The van der Waals surface area contributed by atoms with Crippen molar-refractivity contribution < 1.29 is 14.3 Å². The van der Waals surface area contributed by atoms with Crippen LogP contribution in [0, 0.1) is 17.1 Å². The van der Waals surface area contributed by atoms with Crippen molar-refractivity contribution in [3.63, 3.8) is 0 Å². The van der Waals surface area contributed by atoms with Crippen LogP contribution in [0.1, 0.15) is 21.5 Å². The molecule has 0 aliphatic carbocycles. The highest BCUT2D eigenvalue weighted by atomic mass is 19.1. The molecule has 2 aromatic carbocycles. The number of carboxylic acid groups (broad SMARTS) is 1. The van der Waals surface area contributed by atoms with Gasteiger partial charge in [0.1, 0.15) is 11.9 Å². The van der Waals surface area contributed by atoms with Crippen LogP contribution in [0.4, 0.5) is 10.1 Å². The van der Waals surface area contributed by atoms with E-state index in [2.05, 4.69) is 0 Å². The predicted molar refractivity (Wildman–Crippen MR) is 76.6 cm³/mol. The second-order valence-corrected chi connectivity index (χ2v) is 4.60. The first-order valence-electron chi connectivity index (χ1n) is 6.25. The molecule has 0 saturated heterocycles. The van der Waals surface area contributed by atoms with Gasteiger partial charge in [-0.25, -0.2) is 9.18 Å². The Morgan fingerprint density at radius 1 is 1.33 bits per heavy atom. The van der Waals surface area contributed by atoms with E-state index in [1.54, 1.807) is 36.2 Å². The average Bonchev–Trinajstić information content (AvgIpc) is 2.48. The summed E-state index contributed by atoms with van der Waals surface area (Å²) in [6.45, 7) is 0.285. The second kappa shape index (κ2) is 6.06. The molecule has 0 heterocycles. The fraction of sp³-hybridized carbons (Fsp3) is 0.125. The fourth-order valence-electron chi connectivity index (χ4n) is 2.06. The summed E-state index contributed by atoms with van der Waals surface area (Å²) in [5.74, 6) is -1.40. The van der Waals surface area contributed by atoms with E-state index in [9.17, 15) is 9.18 Å². The lowest BCUT2D eigenvalue weighted by Gasteiger charge is -2.21. The van der Waals surface area contributed by atoms with Gasteiger partial charge >= 0.3 is 5.97 Å². The zero-order chi connectivity index (χ0) is 15.4. The number of nitriles is 1. The first-order chi connectivity index (χ1) is 10.0. The van der Waals surface area contributed by atoms with Crippen LogP contribution in [0.2, 0.25) is 0 Å². The van der Waals surface area contributed by atoms with Crippen LogP contribution in [0.25, 0.3) is 0 Å². The molecule has 106 valence electrons. The van der Waals surface area contributed by atoms with Gasteiger partial charge < -0.3 is 10.0 Å². The van der Waals surface area contributed by atoms with E-state index in [4.69, 9.17) is 10.4 Å². The summed E-state index contributed by atoms with van der Waals surface area (Å²) in [5.41, 5.74) is 1.36. The lowest BCUT2D eigenvalue weighted by Crippen LogP contribution is -2.18. The third kappa shape index (κ3) is 3.18. The van der Waals surface area contributed by atoms with E-state index in [0.29, 0.717) is 11.3 Å². The lowest BCUT2D eigenvalue weighted by atomic mass is 10.1. The van der Waals surface area contributed by atoms with Gasteiger partial charge in [0.15, 0.2) is 0 Å². The molecular formula is C16H13FN2O2. The molecule has 4 nitrogen and oxygen atoms in total. The minimum atomic E-state index is -1.09. The number of anilines is 1. The first-order valence-corrected chi connectivity index (χ1v) is 6.25. The number of halogens is 1. The number of hydrogen-bond donors (Lipinski definition) is 1. The predicted octanol–water partition coefficient (Wildman–Crippen LogP) is 3.03. The molecule has 0 saturated carbocycles. The van der Waals surface area contributed by atoms with Crippen molar-refractivity contribution in [2.45, 2.75) is 6.54 Å². The Labute approximate surface area is 121 Å². The van der Waals surface area contributed by atoms with Gasteiger partial charge in [0.2, 0.25) is 0 Å². The van der Waals surface area contributed by atoms with E-state index in [0.717, 1.165) is 0 Å². The maximum atomic E-state index is 13.6. The van der Waals surface area contributed by atoms with Gasteiger partial charge in [-0.15, -0.1) is 0 Å². The minimum absolute atomic E-state index is 0.0505. The summed E-state index contributed by atoms with van der Waals surface area (Å²) in [6.07, 6.45) is 0. The van der Waals surface area contributed by atoms with Crippen LogP contribution in [-0.2, 0) is 6.54 Å². The molecule has 0 bridgehead atoms. The minimum Gasteiger partial charge on any atom is -0.478 e. The Balaban J connectivity index is 2.31. The molecule has 2 rings (SSSR count). The Hall–Kier alpha value is -2.87. The molecule has 0 radical (unpaired) electrons. The summed E-state index contributed by atoms with van der Waals surface area (Å²) in [5, 5.41) is 18.1. The van der Waals surface area contributed by atoms with Crippen molar-refractivity contribution in [2.24, 2.45) is 0 Å². The third-order valence-electron chi connectivity index (χ3n) is 3.14. The second-order valence-electron chi connectivity index (χ2n) is 4.60. The Morgan fingerprint density at radius 3 is 2.67 bits per heavy atom. The smallest absolute Gasteiger partial charge is 0.335 e. The number of nitrogens with zero attached hydrogens (tertiary/aromatic N) is 2. The van der Waals surface area contributed by atoms with E-state index >= 15 is 0 Å². The number of benzene rings is 2. The molecule has 0 unspecified atom stereocenters. The van der Waals surface area contributed by atoms with Crippen LogP contribution in [-0.4, -0.2) is 18.1 Å². The molecule has 21 heavy (non-hydrogen) atoms. The van der Waals surface area contributed by atoms with Crippen LogP contribution in [0.5, 0.6) is 0 Å². The number of rotatable bonds is 4. The molecule has 2 aromatic rings. The number of aromatic carboxylic acids is 1. The van der Waals surface area contributed by atoms with Crippen molar-refractivity contribution in [2.75, 3.05) is 11.9 Å². The van der Waals surface area contributed by atoms with Crippen LogP contribution in [0.15, 0.2) is 42.5 Å². The van der Waals surface area contributed by atoms with Gasteiger partial charge in [0.05, 0.1) is 16.8 Å². The SMILES string of the molecule is CN(Cc1ccccc1F)c1ccc(C(=O)O)cc1C#N. The van der Waals surface area contributed by atoms with E-state index in [1.165, 1.54) is 18.2 Å². The summed E-state index contributed by atoms with van der Waals surface area (Å²) in [7, 11) is 1.73. The van der Waals surface area contributed by atoms with Crippen LogP contribution < -0.4 is 4.90 Å². The third-order valence-corrected chi connectivity index (χ3v) is 3.14. The fourth-order valence-corrected chi connectivity index (χ4v) is 2.06. The van der Waals surface area contributed by atoms with Crippen molar-refractivity contribution in [1.29, 1.82) is 5.26 Å². The largest absolute Gasteiger partial charge is 0.478 e. The van der Waals surface area contributed by atoms with E-state index in [1.807, 2.05) is 6.07 Å². The molecular weight excluding hydrogens is 271 g/mol. The summed E-state index contributed by atoms with van der Waals surface area (Å²) in [6, 6.07) is 12.7. The molecule has 5 heteroatoms. The maximum Gasteiger partial charge on any atom is 0.335 e. The van der Waals surface area contributed by atoms with E-state index < -0.39 is 5.97 Å². The lowest BCUT2D eigenvalue weighted by molar-refractivity contribution is 0.0697. The Morgan fingerprint density at radius 2 is 2.05 bits per heavy atom. The molecule has 0 spiro atoms. The first kappa shape index (κ1) is 14.5. The molecule has 0 atom stereocenters. The highest BCUT2D eigenvalue weighted by Crippen LogP contribution is 2.22. The van der Waals surface area contributed by atoms with Gasteiger partial charge in [-0.2, -0.15) is 5.26 Å². The highest BCUT2D eigenvalue weighted by Gasteiger charge is 2.13. The molecule has 0 aromatic heterocycles. The average molecular weight is 284 g/mol.